The average molecular weight is 285 g/mol. The molecule has 1 aliphatic carbocycles. The number of hydrogen-bond donors (Lipinski definition) is 1. The second kappa shape index (κ2) is 5.86. The summed E-state index contributed by atoms with van der Waals surface area (Å²) in [5.74, 6) is 0.659. The van der Waals surface area contributed by atoms with Crippen LogP contribution >= 0.6 is 0 Å². The molecule has 0 radical (unpaired) electrons. The fourth-order valence-corrected chi connectivity index (χ4v) is 2.47. The van der Waals surface area contributed by atoms with Gasteiger partial charge in [0.2, 0.25) is 0 Å². The summed E-state index contributed by atoms with van der Waals surface area (Å²) in [7, 11) is 1.66. The molecule has 2 aromatic carbocycles. The highest BCUT2D eigenvalue weighted by Gasteiger charge is 2.20. The third kappa shape index (κ3) is 3.24. The van der Waals surface area contributed by atoms with Crippen molar-refractivity contribution in [3.05, 3.63) is 53.3 Å². The minimum Gasteiger partial charge on any atom is -0.496 e. The van der Waals surface area contributed by atoms with E-state index in [4.69, 9.17) is 4.74 Å². The van der Waals surface area contributed by atoms with E-state index in [1.807, 2.05) is 31.2 Å². The maximum absolute atomic E-state index is 13.9. The lowest BCUT2D eigenvalue weighted by atomic mass is 10.00. The maximum Gasteiger partial charge on any atom is 0.127 e. The number of nitrogens with one attached hydrogen (secondary N) is 1. The summed E-state index contributed by atoms with van der Waals surface area (Å²) < 4.78 is 19.4. The normalized spacial score (nSPS) is 14.2. The van der Waals surface area contributed by atoms with E-state index in [0.29, 0.717) is 18.2 Å². The molecule has 0 bridgehead atoms. The zero-order valence-electron chi connectivity index (χ0n) is 12.4. The molecule has 0 atom stereocenters. The Hall–Kier alpha value is -1.87. The van der Waals surface area contributed by atoms with Gasteiger partial charge in [-0.15, -0.1) is 0 Å². The molecule has 21 heavy (non-hydrogen) atoms. The van der Waals surface area contributed by atoms with Crippen molar-refractivity contribution in [1.82, 2.24) is 5.32 Å². The van der Waals surface area contributed by atoms with Crippen molar-refractivity contribution in [3.63, 3.8) is 0 Å². The summed E-state index contributed by atoms with van der Waals surface area (Å²) >= 11 is 0. The molecule has 1 N–H and O–H groups in total. The number of benzene rings is 2. The topological polar surface area (TPSA) is 21.3 Å². The van der Waals surface area contributed by atoms with E-state index in [9.17, 15) is 4.39 Å². The molecule has 0 unspecified atom stereocenters. The van der Waals surface area contributed by atoms with Gasteiger partial charge in [0.1, 0.15) is 11.6 Å². The Morgan fingerprint density at radius 3 is 2.71 bits per heavy atom. The first-order valence-electron chi connectivity index (χ1n) is 7.34. The third-order valence-corrected chi connectivity index (χ3v) is 3.87. The molecule has 3 rings (SSSR count). The van der Waals surface area contributed by atoms with Crippen LogP contribution in [-0.4, -0.2) is 13.2 Å². The largest absolute Gasteiger partial charge is 0.496 e. The quantitative estimate of drug-likeness (QED) is 0.894. The molecule has 1 saturated carbocycles. The highest BCUT2D eigenvalue weighted by atomic mass is 19.1. The molecule has 0 aliphatic heterocycles. The Morgan fingerprint density at radius 2 is 2.00 bits per heavy atom. The highest BCUT2D eigenvalue weighted by molar-refractivity contribution is 5.71. The smallest absolute Gasteiger partial charge is 0.127 e. The highest BCUT2D eigenvalue weighted by Crippen LogP contribution is 2.32. The molecule has 2 aromatic rings. The Balaban J connectivity index is 1.94. The molecule has 110 valence electrons. The van der Waals surface area contributed by atoms with Crippen molar-refractivity contribution >= 4 is 0 Å². The minimum absolute atomic E-state index is 0.154. The van der Waals surface area contributed by atoms with E-state index in [1.165, 1.54) is 12.8 Å². The first-order valence-corrected chi connectivity index (χ1v) is 7.34. The first-order chi connectivity index (χ1) is 10.2. The summed E-state index contributed by atoms with van der Waals surface area (Å²) in [6, 6.07) is 11.9. The molecule has 0 spiro atoms. The standard InChI is InChI=1S/C18H20FNO/c1-12-3-8-18(21-2)16(9-12)13-4-7-17(19)14(10-13)11-20-15-5-6-15/h3-4,7-10,15,20H,5-6,11H2,1-2H3. The van der Waals surface area contributed by atoms with E-state index in [0.717, 1.165) is 22.4 Å². The molecule has 1 fully saturated rings. The fourth-order valence-electron chi connectivity index (χ4n) is 2.47. The number of halogens is 1. The van der Waals surface area contributed by atoms with Crippen LogP contribution in [0.15, 0.2) is 36.4 Å². The minimum atomic E-state index is -0.154. The van der Waals surface area contributed by atoms with Gasteiger partial charge in [-0.25, -0.2) is 4.39 Å². The number of aryl methyl sites for hydroxylation is 1. The lowest BCUT2D eigenvalue weighted by Crippen LogP contribution is -2.16. The van der Waals surface area contributed by atoms with Gasteiger partial charge in [-0.3, -0.25) is 0 Å². The molecule has 0 amide bonds. The van der Waals surface area contributed by atoms with Gasteiger partial charge in [0.25, 0.3) is 0 Å². The van der Waals surface area contributed by atoms with E-state index in [1.54, 1.807) is 13.2 Å². The van der Waals surface area contributed by atoms with Crippen LogP contribution in [0.1, 0.15) is 24.0 Å². The molecule has 0 heterocycles. The molecular formula is C18H20FNO. The molecule has 0 saturated heterocycles. The van der Waals surface area contributed by atoms with Crippen molar-refractivity contribution in [3.8, 4) is 16.9 Å². The average Bonchev–Trinajstić information content (AvgIpc) is 3.30. The molecule has 2 nitrogen and oxygen atoms in total. The van der Waals surface area contributed by atoms with Gasteiger partial charge in [-0.05, 0) is 49.6 Å². The Kier molecular flexibility index (Phi) is 3.93. The van der Waals surface area contributed by atoms with Gasteiger partial charge in [0.15, 0.2) is 0 Å². The van der Waals surface area contributed by atoms with Crippen molar-refractivity contribution in [2.75, 3.05) is 7.11 Å². The molecule has 0 aromatic heterocycles. The SMILES string of the molecule is COc1ccc(C)cc1-c1ccc(F)c(CNC2CC2)c1. The van der Waals surface area contributed by atoms with Crippen molar-refractivity contribution in [1.29, 1.82) is 0 Å². The van der Waals surface area contributed by atoms with Gasteiger partial charge in [-0.1, -0.05) is 17.7 Å². The van der Waals surface area contributed by atoms with Gasteiger partial charge < -0.3 is 10.1 Å². The maximum atomic E-state index is 13.9. The van der Waals surface area contributed by atoms with E-state index < -0.39 is 0 Å². The number of methoxy groups -OCH3 is 1. The van der Waals surface area contributed by atoms with Crippen LogP contribution in [-0.2, 0) is 6.54 Å². The summed E-state index contributed by atoms with van der Waals surface area (Å²) in [6.45, 7) is 2.63. The molecule has 1 aliphatic rings. The lowest BCUT2D eigenvalue weighted by molar-refractivity contribution is 0.416. The van der Waals surface area contributed by atoms with Crippen LogP contribution in [0, 0.1) is 12.7 Å². The second-order valence-electron chi connectivity index (χ2n) is 5.67. The van der Waals surface area contributed by atoms with Crippen molar-refractivity contribution < 1.29 is 9.13 Å². The van der Waals surface area contributed by atoms with Gasteiger partial charge in [0.05, 0.1) is 7.11 Å². The van der Waals surface area contributed by atoms with E-state index in [2.05, 4.69) is 11.4 Å². The zero-order chi connectivity index (χ0) is 14.8. The fraction of sp³-hybridized carbons (Fsp3) is 0.333. The Bertz CT molecular complexity index is 650. The van der Waals surface area contributed by atoms with Crippen molar-refractivity contribution in [2.24, 2.45) is 0 Å². The summed E-state index contributed by atoms with van der Waals surface area (Å²) in [4.78, 5) is 0. The van der Waals surface area contributed by atoms with E-state index >= 15 is 0 Å². The zero-order valence-corrected chi connectivity index (χ0v) is 12.4. The monoisotopic (exact) mass is 285 g/mol. The second-order valence-corrected chi connectivity index (χ2v) is 5.67. The third-order valence-electron chi connectivity index (χ3n) is 3.87. The number of ether oxygens (including phenoxy) is 1. The van der Waals surface area contributed by atoms with Crippen LogP contribution in [0.2, 0.25) is 0 Å². The van der Waals surface area contributed by atoms with Crippen LogP contribution in [0.4, 0.5) is 4.39 Å². The van der Waals surface area contributed by atoms with E-state index in [-0.39, 0.29) is 5.82 Å². The molecule has 3 heteroatoms. The van der Waals surface area contributed by atoms with Gasteiger partial charge >= 0.3 is 0 Å². The number of rotatable bonds is 5. The summed E-state index contributed by atoms with van der Waals surface area (Å²) in [6.07, 6.45) is 2.40. The van der Waals surface area contributed by atoms with Gasteiger partial charge in [0, 0.05) is 23.7 Å². The predicted molar refractivity (Wildman–Crippen MR) is 83.0 cm³/mol. The summed E-state index contributed by atoms with van der Waals surface area (Å²) in [5.41, 5.74) is 3.87. The van der Waals surface area contributed by atoms with Crippen LogP contribution < -0.4 is 10.1 Å². The van der Waals surface area contributed by atoms with Crippen LogP contribution in [0.3, 0.4) is 0 Å². The predicted octanol–water partition coefficient (Wildman–Crippen LogP) is 4.06. The number of hydrogen-bond acceptors (Lipinski definition) is 2. The van der Waals surface area contributed by atoms with Crippen LogP contribution in [0.25, 0.3) is 11.1 Å². The van der Waals surface area contributed by atoms with Gasteiger partial charge in [-0.2, -0.15) is 0 Å². The van der Waals surface area contributed by atoms with Crippen molar-refractivity contribution in [2.45, 2.75) is 32.4 Å². The van der Waals surface area contributed by atoms with Crippen LogP contribution in [0.5, 0.6) is 5.75 Å². The molecular weight excluding hydrogens is 265 g/mol. The Labute approximate surface area is 125 Å². The lowest BCUT2D eigenvalue weighted by Gasteiger charge is -2.12. The first kappa shape index (κ1) is 14.1. The Morgan fingerprint density at radius 1 is 1.19 bits per heavy atom. The summed E-state index contributed by atoms with van der Waals surface area (Å²) in [5, 5.41) is 3.36.